The summed E-state index contributed by atoms with van der Waals surface area (Å²) in [6.07, 6.45) is 5.21. The monoisotopic (exact) mass is 274 g/mol. The minimum atomic E-state index is 0.608. The normalized spacial score (nSPS) is 15.6. The molecule has 0 unspecified atom stereocenters. The number of benzene rings is 1. The summed E-state index contributed by atoms with van der Waals surface area (Å²) in [4.78, 5) is 4.68. The van der Waals surface area contributed by atoms with Crippen LogP contribution in [-0.4, -0.2) is 18.1 Å². The highest BCUT2D eigenvalue weighted by Crippen LogP contribution is 2.33. The van der Waals surface area contributed by atoms with Crippen molar-refractivity contribution in [3.63, 3.8) is 0 Å². The lowest BCUT2D eigenvalue weighted by molar-refractivity contribution is 0.416. The molecule has 1 aliphatic carbocycles. The fourth-order valence-electron chi connectivity index (χ4n) is 2.56. The topological polar surface area (TPSA) is 34.1 Å². The molecule has 0 aliphatic heterocycles. The predicted molar refractivity (Wildman–Crippen MR) is 80.0 cm³/mol. The average Bonchev–Trinajstić information content (AvgIpc) is 3.11. The van der Waals surface area contributed by atoms with E-state index >= 15 is 0 Å². The molecule has 1 N–H and O–H groups in total. The predicted octanol–water partition coefficient (Wildman–Crippen LogP) is 4.17. The number of nitrogens with zero attached hydrogens (tertiary/aromatic N) is 1. The van der Waals surface area contributed by atoms with Gasteiger partial charge in [-0.05, 0) is 25.0 Å². The Labute approximate surface area is 117 Å². The molecule has 19 heavy (non-hydrogen) atoms. The lowest BCUT2D eigenvalue weighted by Gasteiger charge is -2.09. The van der Waals surface area contributed by atoms with Gasteiger partial charge in [0.05, 0.1) is 12.8 Å². The number of aromatic nitrogens is 1. The van der Waals surface area contributed by atoms with E-state index in [-0.39, 0.29) is 0 Å². The maximum absolute atomic E-state index is 5.39. The van der Waals surface area contributed by atoms with Gasteiger partial charge in [0.15, 0.2) is 5.13 Å². The minimum absolute atomic E-state index is 0.608. The average molecular weight is 274 g/mol. The third-order valence-corrected chi connectivity index (χ3v) is 4.34. The van der Waals surface area contributed by atoms with Crippen LogP contribution in [0.2, 0.25) is 0 Å². The highest BCUT2D eigenvalue weighted by Gasteiger charge is 2.16. The molecule has 1 heterocycles. The molecule has 4 heteroatoms. The first kappa shape index (κ1) is 12.5. The van der Waals surface area contributed by atoms with E-state index in [0.29, 0.717) is 6.04 Å². The zero-order chi connectivity index (χ0) is 13.1. The number of methoxy groups -OCH3 is 1. The van der Waals surface area contributed by atoms with E-state index in [9.17, 15) is 0 Å². The van der Waals surface area contributed by atoms with Crippen LogP contribution < -0.4 is 10.1 Å². The van der Waals surface area contributed by atoms with Crippen LogP contribution in [0.3, 0.4) is 0 Å². The quantitative estimate of drug-likeness (QED) is 0.908. The Morgan fingerprint density at radius 3 is 2.84 bits per heavy atom. The van der Waals surface area contributed by atoms with Gasteiger partial charge >= 0.3 is 0 Å². The summed E-state index contributed by atoms with van der Waals surface area (Å²) in [6, 6.07) is 8.62. The van der Waals surface area contributed by atoms with Gasteiger partial charge in [-0.2, -0.15) is 0 Å². The van der Waals surface area contributed by atoms with Crippen molar-refractivity contribution in [1.29, 1.82) is 0 Å². The maximum atomic E-state index is 5.39. The van der Waals surface area contributed by atoms with Crippen molar-refractivity contribution < 1.29 is 4.74 Å². The lowest BCUT2D eigenvalue weighted by atomic mass is 10.1. The van der Waals surface area contributed by atoms with Crippen molar-refractivity contribution in [3.05, 3.63) is 29.6 Å². The van der Waals surface area contributed by atoms with Gasteiger partial charge in [-0.1, -0.05) is 25.0 Å². The summed E-state index contributed by atoms with van der Waals surface area (Å²) in [5.74, 6) is 0.875. The number of hydrogen-bond donors (Lipinski definition) is 1. The van der Waals surface area contributed by atoms with E-state index in [1.165, 1.54) is 25.7 Å². The first-order valence-corrected chi connectivity index (χ1v) is 7.60. The molecular weight excluding hydrogens is 256 g/mol. The maximum Gasteiger partial charge on any atom is 0.183 e. The highest BCUT2D eigenvalue weighted by atomic mass is 32.1. The van der Waals surface area contributed by atoms with Gasteiger partial charge in [0.2, 0.25) is 0 Å². The Hall–Kier alpha value is -1.55. The Morgan fingerprint density at radius 2 is 2.05 bits per heavy atom. The van der Waals surface area contributed by atoms with Gasteiger partial charge in [0.1, 0.15) is 5.75 Å². The Kier molecular flexibility index (Phi) is 3.69. The summed E-state index contributed by atoms with van der Waals surface area (Å²) in [7, 11) is 1.70. The number of hydrogen-bond acceptors (Lipinski definition) is 4. The first-order chi connectivity index (χ1) is 9.36. The van der Waals surface area contributed by atoms with Gasteiger partial charge in [-0.25, -0.2) is 4.98 Å². The van der Waals surface area contributed by atoms with Crippen LogP contribution in [0.5, 0.6) is 5.75 Å². The number of nitrogens with one attached hydrogen (secondary N) is 1. The van der Waals surface area contributed by atoms with Crippen molar-refractivity contribution in [2.75, 3.05) is 12.4 Å². The number of ether oxygens (including phenoxy) is 1. The molecule has 1 aromatic carbocycles. The molecule has 1 fully saturated rings. The van der Waals surface area contributed by atoms with E-state index in [0.717, 1.165) is 22.1 Å². The lowest BCUT2D eigenvalue weighted by Crippen LogP contribution is -2.13. The van der Waals surface area contributed by atoms with E-state index in [1.807, 2.05) is 24.3 Å². The van der Waals surface area contributed by atoms with E-state index in [1.54, 1.807) is 18.4 Å². The zero-order valence-electron chi connectivity index (χ0n) is 11.1. The highest BCUT2D eigenvalue weighted by molar-refractivity contribution is 7.14. The fourth-order valence-corrected chi connectivity index (χ4v) is 3.35. The second-order valence-electron chi connectivity index (χ2n) is 4.86. The molecule has 1 aromatic heterocycles. The summed E-state index contributed by atoms with van der Waals surface area (Å²) >= 11 is 1.67. The third-order valence-electron chi connectivity index (χ3n) is 3.57. The van der Waals surface area contributed by atoms with Crippen LogP contribution in [0.4, 0.5) is 5.13 Å². The van der Waals surface area contributed by atoms with Gasteiger partial charge in [-0.3, -0.25) is 0 Å². The Morgan fingerprint density at radius 1 is 1.26 bits per heavy atom. The molecule has 0 radical (unpaired) electrons. The molecule has 0 amide bonds. The van der Waals surface area contributed by atoms with Gasteiger partial charge < -0.3 is 10.1 Å². The van der Waals surface area contributed by atoms with Crippen molar-refractivity contribution in [2.24, 2.45) is 0 Å². The molecular formula is C15H18N2OS. The van der Waals surface area contributed by atoms with Crippen LogP contribution in [0, 0.1) is 0 Å². The SMILES string of the molecule is COc1ccccc1-c1csc(NC2CCCC2)n1. The number of anilines is 1. The molecule has 1 aliphatic rings. The second-order valence-corrected chi connectivity index (χ2v) is 5.72. The molecule has 0 saturated heterocycles. The summed E-state index contributed by atoms with van der Waals surface area (Å²) in [6.45, 7) is 0. The largest absolute Gasteiger partial charge is 0.496 e. The molecule has 2 aromatic rings. The zero-order valence-corrected chi connectivity index (χ0v) is 11.9. The van der Waals surface area contributed by atoms with Gasteiger partial charge in [0.25, 0.3) is 0 Å². The fraction of sp³-hybridized carbons (Fsp3) is 0.400. The van der Waals surface area contributed by atoms with Gasteiger partial charge in [-0.15, -0.1) is 11.3 Å². The molecule has 1 saturated carbocycles. The number of para-hydroxylation sites is 1. The molecule has 0 bridgehead atoms. The molecule has 0 spiro atoms. The smallest absolute Gasteiger partial charge is 0.183 e. The minimum Gasteiger partial charge on any atom is -0.496 e. The second kappa shape index (κ2) is 5.61. The van der Waals surface area contributed by atoms with Crippen LogP contribution in [-0.2, 0) is 0 Å². The molecule has 100 valence electrons. The van der Waals surface area contributed by atoms with E-state index in [2.05, 4.69) is 15.7 Å². The van der Waals surface area contributed by atoms with Crippen LogP contribution in [0.15, 0.2) is 29.6 Å². The first-order valence-electron chi connectivity index (χ1n) is 6.72. The molecule has 0 atom stereocenters. The summed E-state index contributed by atoms with van der Waals surface area (Å²) < 4.78 is 5.39. The van der Waals surface area contributed by atoms with Crippen molar-refractivity contribution >= 4 is 16.5 Å². The van der Waals surface area contributed by atoms with Crippen LogP contribution >= 0.6 is 11.3 Å². The summed E-state index contributed by atoms with van der Waals surface area (Å²) in [5.41, 5.74) is 2.05. The van der Waals surface area contributed by atoms with Crippen LogP contribution in [0.1, 0.15) is 25.7 Å². The molecule has 3 rings (SSSR count). The summed E-state index contributed by atoms with van der Waals surface area (Å²) in [5, 5.41) is 6.65. The third kappa shape index (κ3) is 2.73. The number of thiazole rings is 1. The molecule has 3 nitrogen and oxygen atoms in total. The standard InChI is InChI=1S/C15H18N2OS/c1-18-14-9-5-4-8-12(14)13-10-19-15(17-13)16-11-6-2-3-7-11/h4-5,8-11H,2-3,6-7H2,1H3,(H,16,17). The van der Waals surface area contributed by atoms with Gasteiger partial charge in [0, 0.05) is 17.0 Å². The Bertz CT molecular complexity index is 547. The van der Waals surface area contributed by atoms with Crippen molar-refractivity contribution in [3.8, 4) is 17.0 Å². The number of rotatable bonds is 4. The Balaban J connectivity index is 1.80. The van der Waals surface area contributed by atoms with Crippen LogP contribution in [0.25, 0.3) is 11.3 Å². The van der Waals surface area contributed by atoms with Crippen molar-refractivity contribution in [2.45, 2.75) is 31.7 Å². The van der Waals surface area contributed by atoms with E-state index in [4.69, 9.17) is 4.74 Å². The van der Waals surface area contributed by atoms with Crippen molar-refractivity contribution in [1.82, 2.24) is 4.98 Å². The van der Waals surface area contributed by atoms with E-state index < -0.39 is 0 Å².